The molecular weight excluding hydrogens is 260 g/mol. The van der Waals surface area contributed by atoms with Crippen LogP contribution in [0.1, 0.15) is 59.4 Å². The number of hydrogen-bond donors (Lipinski definition) is 2. The molecule has 1 aromatic rings. The summed E-state index contributed by atoms with van der Waals surface area (Å²) >= 11 is 0. The molecule has 118 valence electrons. The van der Waals surface area contributed by atoms with E-state index in [1.165, 1.54) is 5.56 Å². The van der Waals surface area contributed by atoms with Crippen molar-refractivity contribution in [3.8, 4) is 5.75 Å². The van der Waals surface area contributed by atoms with Crippen LogP contribution < -0.4 is 10.5 Å². The first-order valence-corrected chi connectivity index (χ1v) is 7.66. The van der Waals surface area contributed by atoms with Crippen LogP contribution in [0, 0.1) is 10.8 Å². The number of nitrogens with one attached hydrogen (secondary N) is 1. The van der Waals surface area contributed by atoms with Gasteiger partial charge in [0, 0.05) is 6.42 Å². The Morgan fingerprint density at radius 1 is 1.10 bits per heavy atom. The maximum absolute atomic E-state index is 7.17. The van der Waals surface area contributed by atoms with Gasteiger partial charge in [0.15, 0.2) is 0 Å². The van der Waals surface area contributed by atoms with Crippen molar-refractivity contribution in [3.05, 3.63) is 29.8 Å². The Morgan fingerprint density at radius 2 is 1.67 bits per heavy atom. The molecule has 0 atom stereocenters. The Labute approximate surface area is 129 Å². The summed E-state index contributed by atoms with van der Waals surface area (Å²) in [7, 11) is 0. The molecule has 0 saturated carbocycles. The largest absolute Gasteiger partial charge is 0.494 e. The Kier molecular flexibility index (Phi) is 5.82. The molecule has 0 unspecified atom stereocenters. The van der Waals surface area contributed by atoms with Crippen molar-refractivity contribution in [2.24, 2.45) is 11.1 Å². The van der Waals surface area contributed by atoms with Gasteiger partial charge in [-0.3, -0.25) is 5.41 Å². The van der Waals surface area contributed by atoms with E-state index in [9.17, 15) is 0 Å². The van der Waals surface area contributed by atoms with Crippen molar-refractivity contribution in [1.29, 1.82) is 5.41 Å². The standard InChI is InChI=1S/C18H30N2O/c1-17(2,3)13-18(4,5)14-8-10-15(11-9-14)21-12-6-7-16(19)20/h8-11H,6-7,12-13H2,1-5H3,(H3,19,20). The molecule has 1 rings (SSSR count). The van der Waals surface area contributed by atoms with Gasteiger partial charge in [0.2, 0.25) is 0 Å². The Bertz CT molecular complexity index is 455. The topological polar surface area (TPSA) is 59.1 Å². The molecule has 0 saturated heterocycles. The average Bonchev–Trinajstić information content (AvgIpc) is 2.32. The first kappa shape index (κ1) is 17.5. The zero-order valence-corrected chi connectivity index (χ0v) is 14.1. The third kappa shape index (κ3) is 6.65. The molecule has 3 N–H and O–H groups in total. The van der Waals surface area contributed by atoms with Gasteiger partial charge in [0.1, 0.15) is 5.75 Å². The number of amidine groups is 1. The van der Waals surface area contributed by atoms with Gasteiger partial charge >= 0.3 is 0 Å². The lowest BCUT2D eigenvalue weighted by Gasteiger charge is -2.33. The fraction of sp³-hybridized carbons (Fsp3) is 0.611. The van der Waals surface area contributed by atoms with E-state index in [4.69, 9.17) is 15.9 Å². The van der Waals surface area contributed by atoms with Gasteiger partial charge in [-0.1, -0.05) is 46.8 Å². The highest BCUT2D eigenvalue weighted by molar-refractivity contribution is 5.76. The van der Waals surface area contributed by atoms with E-state index in [0.717, 1.165) is 18.6 Å². The van der Waals surface area contributed by atoms with Crippen LogP contribution in [-0.2, 0) is 5.41 Å². The van der Waals surface area contributed by atoms with Crippen molar-refractivity contribution in [1.82, 2.24) is 0 Å². The third-order valence-corrected chi connectivity index (χ3v) is 3.47. The smallest absolute Gasteiger partial charge is 0.119 e. The van der Waals surface area contributed by atoms with E-state index < -0.39 is 0 Å². The van der Waals surface area contributed by atoms with Gasteiger partial charge in [-0.25, -0.2) is 0 Å². The molecule has 0 aliphatic rings. The molecule has 0 radical (unpaired) electrons. The normalized spacial score (nSPS) is 12.2. The van der Waals surface area contributed by atoms with Gasteiger partial charge in [-0.2, -0.15) is 0 Å². The molecule has 0 aliphatic heterocycles. The highest BCUT2D eigenvalue weighted by Gasteiger charge is 2.27. The first-order chi connectivity index (χ1) is 9.60. The molecule has 0 heterocycles. The van der Waals surface area contributed by atoms with E-state index >= 15 is 0 Å². The predicted octanol–water partition coefficient (Wildman–Crippen LogP) is 4.50. The highest BCUT2D eigenvalue weighted by atomic mass is 16.5. The van der Waals surface area contributed by atoms with Crippen molar-refractivity contribution in [2.45, 2.75) is 59.3 Å². The van der Waals surface area contributed by atoms with Crippen LogP contribution in [0.15, 0.2) is 24.3 Å². The van der Waals surface area contributed by atoms with Crippen LogP contribution in [-0.4, -0.2) is 12.4 Å². The van der Waals surface area contributed by atoms with Crippen LogP contribution in [0.25, 0.3) is 0 Å². The fourth-order valence-electron chi connectivity index (χ4n) is 2.88. The molecule has 0 aliphatic carbocycles. The summed E-state index contributed by atoms with van der Waals surface area (Å²) in [5, 5.41) is 7.17. The number of rotatable bonds is 7. The minimum Gasteiger partial charge on any atom is -0.494 e. The SMILES string of the molecule is CC(C)(C)CC(C)(C)c1ccc(OCCCC(=N)N)cc1. The lowest BCUT2D eigenvalue weighted by Crippen LogP contribution is -2.24. The Hall–Kier alpha value is -1.51. The molecular formula is C18H30N2O. The summed E-state index contributed by atoms with van der Waals surface area (Å²) in [5.41, 5.74) is 7.13. The van der Waals surface area contributed by atoms with Gasteiger partial charge in [-0.15, -0.1) is 0 Å². The summed E-state index contributed by atoms with van der Waals surface area (Å²) in [4.78, 5) is 0. The first-order valence-electron chi connectivity index (χ1n) is 7.66. The second kappa shape index (κ2) is 6.97. The average molecular weight is 290 g/mol. The zero-order chi connectivity index (χ0) is 16.1. The molecule has 0 bridgehead atoms. The van der Waals surface area contributed by atoms with Gasteiger partial charge in [-0.05, 0) is 41.4 Å². The lowest BCUT2D eigenvalue weighted by atomic mass is 9.72. The molecule has 3 heteroatoms. The Balaban J connectivity index is 2.59. The lowest BCUT2D eigenvalue weighted by molar-refractivity contribution is 0.283. The van der Waals surface area contributed by atoms with Gasteiger partial charge < -0.3 is 10.5 Å². The predicted molar refractivity (Wildman–Crippen MR) is 90.2 cm³/mol. The van der Waals surface area contributed by atoms with E-state index in [1.54, 1.807) is 0 Å². The van der Waals surface area contributed by atoms with Crippen LogP contribution in [0.3, 0.4) is 0 Å². The second-order valence-corrected chi connectivity index (χ2v) is 7.62. The molecule has 0 spiro atoms. The number of hydrogen-bond acceptors (Lipinski definition) is 2. The van der Waals surface area contributed by atoms with Crippen molar-refractivity contribution < 1.29 is 4.74 Å². The monoisotopic (exact) mass is 290 g/mol. The number of ether oxygens (including phenoxy) is 1. The summed E-state index contributed by atoms with van der Waals surface area (Å²) < 4.78 is 5.67. The summed E-state index contributed by atoms with van der Waals surface area (Å²) in [6.45, 7) is 12.0. The maximum Gasteiger partial charge on any atom is 0.119 e. The fourth-order valence-corrected chi connectivity index (χ4v) is 2.88. The minimum absolute atomic E-state index is 0.158. The molecule has 0 amide bonds. The van der Waals surface area contributed by atoms with Crippen LogP contribution in [0.2, 0.25) is 0 Å². The molecule has 21 heavy (non-hydrogen) atoms. The van der Waals surface area contributed by atoms with E-state index in [0.29, 0.717) is 18.4 Å². The minimum atomic E-state index is 0.158. The van der Waals surface area contributed by atoms with E-state index in [-0.39, 0.29) is 11.3 Å². The quantitative estimate of drug-likeness (QED) is 0.441. The molecule has 0 fully saturated rings. The third-order valence-electron chi connectivity index (χ3n) is 3.47. The summed E-state index contributed by atoms with van der Waals surface area (Å²) in [5.74, 6) is 1.10. The van der Waals surface area contributed by atoms with Crippen molar-refractivity contribution in [2.75, 3.05) is 6.61 Å². The van der Waals surface area contributed by atoms with Crippen molar-refractivity contribution >= 4 is 5.84 Å². The summed E-state index contributed by atoms with van der Waals surface area (Å²) in [6, 6.07) is 8.39. The van der Waals surface area contributed by atoms with E-state index in [2.05, 4.69) is 46.8 Å². The molecule has 1 aromatic carbocycles. The van der Waals surface area contributed by atoms with Crippen LogP contribution in [0.4, 0.5) is 0 Å². The number of benzene rings is 1. The van der Waals surface area contributed by atoms with Crippen LogP contribution >= 0.6 is 0 Å². The maximum atomic E-state index is 7.17. The summed E-state index contributed by atoms with van der Waals surface area (Å²) in [6.07, 6.45) is 2.52. The van der Waals surface area contributed by atoms with E-state index in [1.807, 2.05) is 12.1 Å². The number of nitrogens with two attached hydrogens (primary N) is 1. The highest BCUT2D eigenvalue weighted by Crippen LogP contribution is 2.36. The second-order valence-electron chi connectivity index (χ2n) is 7.62. The molecule has 3 nitrogen and oxygen atoms in total. The van der Waals surface area contributed by atoms with Crippen LogP contribution in [0.5, 0.6) is 5.75 Å². The van der Waals surface area contributed by atoms with Gasteiger partial charge in [0.05, 0.1) is 12.4 Å². The zero-order valence-electron chi connectivity index (χ0n) is 14.1. The molecule has 0 aromatic heterocycles. The van der Waals surface area contributed by atoms with Gasteiger partial charge in [0.25, 0.3) is 0 Å². The Morgan fingerprint density at radius 3 is 2.14 bits per heavy atom. The van der Waals surface area contributed by atoms with Crippen molar-refractivity contribution in [3.63, 3.8) is 0 Å².